The van der Waals surface area contributed by atoms with Gasteiger partial charge in [-0.1, -0.05) is 48.0 Å². The molecule has 1 fully saturated rings. The maximum absolute atomic E-state index is 13.9. The average molecular weight is 587 g/mol. The van der Waals surface area contributed by atoms with Crippen LogP contribution < -0.4 is 9.80 Å². The number of carboxylic acid groups (broad SMARTS) is 1. The summed E-state index contributed by atoms with van der Waals surface area (Å²) in [7, 11) is 1.72. The standard InChI is InChI=1S/C31H27ClN4O4S/c1-35-27(37)13-19-12-21(16-33-29(19)35)24-10-7-22(32)15-25(24)26-17-41-31(34-26)36(23-8-9-23)30(40)20(14-28(38)39)11-18-5-3-2-4-6-18/h2-7,10,12,15-17,20,23H,8-9,11,13-14H2,1H3,(H,38,39). The van der Waals surface area contributed by atoms with Crippen LogP contribution in [0.1, 0.15) is 30.4 Å². The molecule has 6 rings (SSSR count). The van der Waals surface area contributed by atoms with Crippen LogP contribution in [0, 0.1) is 5.92 Å². The van der Waals surface area contributed by atoms with Crippen LogP contribution in [0.15, 0.2) is 66.2 Å². The van der Waals surface area contributed by atoms with Gasteiger partial charge in [0.05, 0.1) is 24.5 Å². The van der Waals surface area contributed by atoms with Crippen molar-refractivity contribution in [2.45, 2.75) is 38.1 Å². The molecule has 1 atom stereocenters. The Labute approximate surface area is 246 Å². The average Bonchev–Trinajstić information content (AvgIpc) is 3.59. The molecule has 208 valence electrons. The van der Waals surface area contributed by atoms with Gasteiger partial charge in [-0.25, -0.2) is 9.97 Å². The summed E-state index contributed by atoms with van der Waals surface area (Å²) < 4.78 is 0. The molecule has 2 aromatic carbocycles. The van der Waals surface area contributed by atoms with Crippen LogP contribution in [-0.4, -0.2) is 45.9 Å². The molecule has 4 aromatic rings. The van der Waals surface area contributed by atoms with Crippen LogP contribution in [0.25, 0.3) is 22.4 Å². The highest BCUT2D eigenvalue weighted by molar-refractivity contribution is 7.14. The summed E-state index contributed by atoms with van der Waals surface area (Å²) in [4.78, 5) is 50.5. The Hall–Kier alpha value is -4.08. The number of halogens is 1. The number of benzene rings is 2. The van der Waals surface area contributed by atoms with Gasteiger partial charge in [-0.15, -0.1) is 11.3 Å². The number of amides is 2. The molecule has 0 saturated heterocycles. The summed E-state index contributed by atoms with van der Waals surface area (Å²) in [5.41, 5.74) is 4.93. The van der Waals surface area contributed by atoms with E-state index in [1.807, 2.05) is 53.9 Å². The third kappa shape index (κ3) is 5.60. The second-order valence-electron chi connectivity index (χ2n) is 10.5. The molecular formula is C31H27ClN4O4S. The number of nitrogens with zero attached hydrogens (tertiary/aromatic N) is 4. The van der Waals surface area contributed by atoms with Crippen molar-refractivity contribution >= 4 is 51.7 Å². The Balaban J connectivity index is 1.33. The Morgan fingerprint density at radius 2 is 1.93 bits per heavy atom. The topological polar surface area (TPSA) is 104 Å². The number of hydrogen-bond acceptors (Lipinski definition) is 6. The van der Waals surface area contributed by atoms with E-state index in [4.69, 9.17) is 16.6 Å². The molecule has 0 bridgehead atoms. The lowest BCUT2D eigenvalue weighted by molar-refractivity contribution is -0.140. The molecule has 1 N–H and O–H groups in total. The van der Waals surface area contributed by atoms with E-state index in [9.17, 15) is 19.5 Å². The van der Waals surface area contributed by atoms with E-state index in [0.29, 0.717) is 34.5 Å². The van der Waals surface area contributed by atoms with E-state index >= 15 is 0 Å². The van der Waals surface area contributed by atoms with Crippen molar-refractivity contribution in [3.63, 3.8) is 0 Å². The van der Waals surface area contributed by atoms with Gasteiger partial charge in [0.2, 0.25) is 11.8 Å². The first-order chi connectivity index (χ1) is 19.8. The molecular weight excluding hydrogens is 560 g/mol. The predicted molar refractivity (Wildman–Crippen MR) is 159 cm³/mol. The molecule has 1 aliphatic heterocycles. The van der Waals surface area contributed by atoms with E-state index in [1.54, 1.807) is 29.1 Å². The van der Waals surface area contributed by atoms with E-state index in [2.05, 4.69) is 4.98 Å². The number of hydrogen-bond donors (Lipinski definition) is 1. The fraction of sp³-hybridized carbons (Fsp3) is 0.258. The molecule has 1 aliphatic carbocycles. The van der Waals surface area contributed by atoms with Gasteiger partial charge in [0.15, 0.2) is 5.13 Å². The van der Waals surface area contributed by atoms with Gasteiger partial charge >= 0.3 is 5.97 Å². The zero-order valence-electron chi connectivity index (χ0n) is 22.3. The van der Waals surface area contributed by atoms with Gasteiger partial charge < -0.3 is 5.11 Å². The number of likely N-dealkylation sites (N-methyl/N-ethyl adjacent to an activating group) is 1. The first-order valence-electron chi connectivity index (χ1n) is 13.4. The lowest BCUT2D eigenvalue weighted by atomic mass is 9.94. The quantitative estimate of drug-likeness (QED) is 0.263. The Morgan fingerprint density at radius 1 is 1.15 bits per heavy atom. The van der Waals surface area contributed by atoms with Crippen LogP contribution in [0.3, 0.4) is 0 Å². The Kier molecular flexibility index (Phi) is 7.32. The van der Waals surface area contributed by atoms with Crippen molar-refractivity contribution in [2.24, 2.45) is 5.92 Å². The van der Waals surface area contributed by atoms with E-state index in [1.165, 1.54) is 11.3 Å². The molecule has 2 aromatic heterocycles. The highest BCUT2D eigenvalue weighted by Gasteiger charge is 2.39. The Bertz CT molecular complexity index is 1650. The van der Waals surface area contributed by atoms with Gasteiger partial charge in [0, 0.05) is 46.4 Å². The predicted octanol–water partition coefficient (Wildman–Crippen LogP) is 5.87. The second kappa shape index (κ2) is 11.1. The maximum atomic E-state index is 13.9. The van der Waals surface area contributed by atoms with Crippen LogP contribution in [-0.2, 0) is 27.2 Å². The lowest BCUT2D eigenvalue weighted by Crippen LogP contribution is -2.39. The number of anilines is 2. The maximum Gasteiger partial charge on any atom is 0.304 e. The number of carboxylic acids is 1. The summed E-state index contributed by atoms with van der Waals surface area (Å²) in [5, 5.41) is 12.6. The SMILES string of the molecule is CN1C(=O)Cc2cc(-c3ccc(Cl)cc3-c3csc(N(C(=O)C(CC(=O)O)Cc4ccccc4)C4CC4)n3)cnc21. The molecule has 2 amide bonds. The lowest BCUT2D eigenvalue weighted by Gasteiger charge is -2.25. The molecule has 3 heterocycles. The number of thiazole rings is 1. The smallest absolute Gasteiger partial charge is 0.304 e. The van der Waals surface area contributed by atoms with Crippen molar-refractivity contribution in [3.8, 4) is 22.4 Å². The van der Waals surface area contributed by atoms with Crippen LogP contribution in [0.5, 0.6) is 0 Å². The van der Waals surface area contributed by atoms with Crippen molar-refractivity contribution in [2.75, 3.05) is 16.8 Å². The van der Waals surface area contributed by atoms with Crippen molar-refractivity contribution in [3.05, 3.63) is 82.3 Å². The monoisotopic (exact) mass is 586 g/mol. The molecule has 10 heteroatoms. The number of aliphatic carboxylic acids is 1. The first-order valence-corrected chi connectivity index (χ1v) is 14.6. The van der Waals surface area contributed by atoms with Gasteiger partial charge in [-0.2, -0.15) is 0 Å². The normalized spacial score (nSPS) is 15.1. The second-order valence-corrected chi connectivity index (χ2v) is 11.7. The van der Waals surface area contributed by atoms with Crippen molar-refractivity contribution in [1.29, 1.82) is 0 Å². The largest absolute Gasteiger partial charge is 0.481 e. The zero-order valence-corrected chi connectivity index (χ0v) is 23.9. The first kappa shape index (κ1) is 27.1. The summed E-state index contributed by atoms with van der Waals surface area (Å²) in [5.74, 6) is -1.27. The van der Waals surface area contributed by atoms with Crippen LogP contribution in [0.2, 0.25) is 5.02 Å². The number of carbonyl (C=O) groups excluding carboxylic acids is 2. The number of fused-ring (bicyclic) bond motifs is 1. The van der Waals surface area contributed by atoms with Gasteiger partial charge in [-0.05, 0) is 48.6 Å². The third-order valence-corrected chi connectivity index (χ3v) is 8.56. The highest BCUT2D eigenvalue weighted by Crippen LogP contribution is 2.41. The number of rotatable bonds is 9. The minimum atomic E-state index is -1.01. The number of pyridine rings is 1. The molecule has 1 unspecified atom stereocenters. The van der Waals surface area contributed by atoms with Gasteiger partial charge in [-0.3, -0.25) is 24.2 Å². The molecule has 2 aliphatic rings. The fourth-order valence-electron chi connectivity index (χ4n) is 5.28. The molecule has 0 radical (unpaired) electrons. The molecule has 8 nitrogen and oxygen atoms in total. The summed E-state index contributed by atoms with van der Waals surface area (Å²) in [6.07, 6.45) is 3.83. The van der Waals surface area contributed by atoms with Crippen LogP contribution in [0.4, 0.5) is 10.9 Å². The Morgan fingerprint density at radius 3 is 2.66 bits per heavy atom. The minimum absolute atomic E-state index is 0.00263. The minimum Gasteiger partial charge on any atom is -0.481 e. The third-order valence-electron chi connectivity index (χ3n) is 7.49. The summed E-state index contributed by atoms with van der Waals surface area (Å²) in [6, 6.07) is 17.0. The highest BCUT2D eigenvalue weighted by atomic mass is 35.5. The fourth-order valence-corrected chi connectivity index (χ4v) is 6.35. The zero-order chi connectivity index (χ0) is 28.7. The van der Waals surface area contributed by atoms with Crippen molar-refractivity contribution < 1.29 is 19.5 Å². The van der Waals surface area contributed by atoms with Crippen molar-refractivity contribution in [1.82, 2.24) is 9.97 Å². The van der Waals surface area contributed by atoms with E-state index in [-0.39, 0.29) is 24.3 Å². The van der Waals surface area contributed by atoms with Crippen LogP contribution >= 0.6 is 22.9 Å². The summed E-state index contributed by atoms with van der Waals surface area (Å²) >= 11 is 7.78. The number of aromatic nitrogens is 2. The van der Waals surface area contributed by atoms with Gasteiger partial charge in [0.25, 0.3) is 0 Å². The van der Waals surface area contributed by atoms with E-state index in [0.717, 1.165) is 40.7 Å². The summed E-state index contributed by atoms with van der Waals surface area (Å²) in [6.45, 7) is 0. The molecule has 1 saturated carbocycles. The number of carbonyl (C=O) groups is 3. The molecule has 41 heavy (non-hydrogen) atoms. The van der Waals surface area contributed by atoms with Gasteiger partial charge in [0.1, 0.15) is 5.82 Å². The molecule has 0 spiro atoms. The van der Waals surface area contributed by atoms with E-state index < -0.39 is 11.9 Å².